The van der Waals surface area contributed by atoms with Crippen LogP contribution in [0.2, 0.25) is 0 Å². The number of hydrogen-bond donors (Lipinski definition) is 1. The molecular formula is C22H20F6N2O2. The standard InChI is InChI=1S/C22H20F6N2O2/c1-14(31)30-9-7-20(8-10-30,15-5-3-2-4-6-15)19(32)29-18-12-16(21(23,24)25)11-17(13-18)22(26,27)28/h2-6,11-13H,7-10H2,1H3,(H,29,32). The van der Waals surface area contributed by atoms with Gasteiger partial charge in [0, 0.05) is 25.7 Å². The van der Waals surface area contributed by atoms with Crippen LogP contribution in [-0.2, 0) is 27.4 Å². The average Bonchev–Trinajstić information content (AvgIpc) is 2.72. The molecule has 0 aliphatic carbocycles. The number of alkyl halides is 6. The van der Waals surface area contributed by atoms with Crippen LogP contribution in [0.25, 0.3) is 0 Å². The van der Waals surface area contributed by atoms with E-state index in [2.05, 4.69) is 5.32 Å². The van der Waals surface area contributed by atoms with Crippen molar-refractivity contribution < 1.29 is 35.9 Å². The minimum absolute atomic E-state index is 0.00790. The molecule has 2 aromatic carbocycles. The zero-order valence-corrected chi connectivity index (χ0v) is 17.0. The molecule has 0 atom stereocenters. The topological polar surface area (TPSA) is 49.4 Å². The van der Waals surface area contributed by atoms with Gasteiger partial charge in [-0.1, -0.05) is 30.3 Å². The summed E-state index contributed by atoms with van der Waals surface area (Å²) in [6, 6.07) is 9.43. The van der Waals surface area contributed by atoms with Gasteiger partial charge in [0.15, 0.2) is 0 Å². The van der Waals surface area contributed by atoms with Gasteiger partial charge in [0.1, 0.15) is 0 Å². The molecule has 1 fully saturated rings. The smallest absolute Gasteiger partial charge is 0.343 e. The Balaban J connectivity index is 1.99. The Kier molecular flexibility index (Phi) is 6.26. The molecule has 0 spiro atoms. The van der Waals surface area contributed by atoms with Crippen LogP contribution >= 0.6 is 0 Å². The van der Waals surface area contributed by atoms with E-state index < -0.39 is 40.5 Å². The van der Waals surface area contributed by atoms with Gasteiger partial charge in [-0.05, 0) is 36.6 Å². The largest absolute Gasteiger partial charge is 0.416 e. The van der Waals surface area contributed by atoms with Crippen LogP contribution in [0.15, 0.2) is 48.5 Å². The Morgan fingerprint density at radius 3 is 1.81 bits per heavy atom. The summed E-state index contributed by atoms with van der Waals surface area (Å²) in [5.74, 6) is -0.904. The molecule has 1 heterocycles. The number of anilines is 1. The number of amides is 2. The van der Waals surface area contributed by atoms with E-state index in [1.807, 2.05) is 0 Å². The maximum atomic E-state index is 13.3. The molecule has 4 nitrogen and oxygen atoms in total. The molecule has 3 rings (SSSR count). The van der Waals surface area contributed by atoms with Gasteiger partial charge >= 0.3 is 12.4 Å². The first kappa shape index (κ1) is 23.6. The summed E-state index contributed by atoms with van der Waals surface area (Å²) < 4.78 is 79.0. The first-order valence-electron chi connectivity index (χ1n) is 9.75. The third-order valence-electron chi connectivity index (χ3n) is 5.67. The molecule has 0 unspecified atom stereocenters. The minimum Gasteiger partial charge on any atom is -0.343 e. The molecule has 172 valence electrons. The van der Waals surface area contributed by atoms with Gasteiger partial charge in [-0.25, -0.2) is 0 Å². The van der Waals surface area contributed by atoms with Crippen molar-refractivity contribution in [3.05, 3.63) is 65.2 Å². The highest BCUT2D eigenvalue weighted by Crippen LogP contribution is 2.40. The maximum absolute atomic E-state index is 13.3. The molecule has 32 heavy (non-hydrogen) atoms. The van der Waals surface area contributed by atoms with E-state index in [9.17, 15) is 35.9 Å². The highest BCUT2D eigenvalue weighted by atomic mass is 19.4. The van der Waals surface area contributed by atoms with Crippen LogP contribution in [-0.4, -0.2) is 29.8 Å². The Morgan fingerprint density at radius 2 is 1.38 bits per heavy atom. The van der Waals surface area contributed by atoms with Crippen molar-refractivity contribution in [2.45, 2.75) is 37.5 Å². The summed E-state index contributed by atoms with van der Waals surface area (Å²) in [4.78, 5) is 26.5. The predicted octanol–water partition coefficient (Wildman–Crippen LogP) is 5.24. The number of nitrogens with one attached hydrogen (secondary N) is 1. The fourth-order valence-electron chi connectivity index (χ4n) is 3.89. The molecule has 10 heteroatoms. The second-order valence-corrected chi connectivity index (χ2v) is 7.70. The molecule has 1 aliphatic heterocycles. The summed E-state index contributed by atoms with van der Waals surface area (Å²) >= 11 is 0. The average molecular weight is 458 g/mol. The van der Waals surface area contributed by atoms with E-state index in [1.165, 1.54) is 6.92 Å². The molecule has 0 bridgehead atoms. The lowest BCUT2D eigenvalue weighted by Crippen LogP contribution is -2.50. The summed E-state index contributed by atoms with van der Waals surface area (Å²) in [6.07, 6.45) is -9.70. The van der Waals surface area contributed by atoms with Gasteiger partial charge in [0.25, 0.3) is 0 Å². The van der Waals surface area contributed by atoms with E-state index in [-0.39, 0.29) is 37.9 Å². The Morgan fingerprint density at radius 1 is 0.875 bits per heavy atom. The van der Waals surface area contributed by atoms with Crippen LogP contribution in [0.1, 0.15) is 36.5 Å². The number of likely N-dealkylation sites (tertiary alicyclic amines) is 1. The lowest BCUT2D eigenvalue weighted by molar-refractivity contribution is -0.143. The van der Waals surface area contributed by atoms with Crippen molar-refractivity contribution in [2.24, 2.45) is 0 Å². The van der Waals surface area contributed by atoms with Crippen LogP contribution in [0, 0.1) is 0 Å². The number of rotatable bonds is 3. The SMILES string of the molecule is CC(=O)N1CCC(C(=O)Nc2cc(C(F)(F)F)cc(C(F)(F)F)c2)(c2ccccc2)CC1. The third-order valence-corrected chi connectivity index (χ3v) is 5.67. The van der Waals surface area contributed by atoms with Crippen molar-refractivity contribution in [1.82, 2.24) is 4.90 Å². The number of hydrogen-bond acceptors (Lipinski definition) is 2. The molecule has 0 saturated carbocycles. The highest BCUT2D eigenvalue weighted by molar-refractivity contribution is 5.99. The number of nitrogens with zero attached hydrogens (tertiary/aromatic N) is 1. The summed E-state index contributed by atoms with van der Waals surface area (Å²) in [5, 5.41) is 2.28. The highest BCUT2D eigenvalue weighted by Gasteiger charge is 2.44. The van der Waals surface area contributed by atoms with Gasteiger partial charge in [-0.2, -0.15) is 26.3 Å². The normalized spacial score (nSPS) is 16.5. The van der Waals surface area contributed by atoms with Gasteiger partial charge in [0.05, 0.1) is 16.5 Å². The lowest BCUT2D eigenvalue weighted by Gasteiger charge is -2.40. The molecule has 0 radical (unpaired) electrons. The maximum Gasteiger partial charge on any atom is 0.416 e. The Bertz CT molecular complexity index is 961. The van der Waals surface area contributed by atoms with Crippen molar-refractivity contribution in [3.63, 3.8) is 0 Å². The van der Waals surface area contributed by atoms with E-state index in [1.54, 1.807) is 35.2 Å². The van der Waals surface area contributed by atoms with Crippen molar-refractivity contribution in [1.29, 1.82) is 0 Å². The Labute approximate surface area is 180 Å². The first-order chi connectivity index (χ1) is 14.8. The van der Waals surface area contributed by atoms with Gasteiger partial charge in [-0.3, -0.25) is 9.59 Å². The van der Waals surface area contributed by atoms with Gasteiger partial charge in [0.2, 0.25) is 11.8 Å². The fraction of sp³-hybridized carbons (Fsp3) is 0.364. The summed E-state index contributed by atoms with van der Waals surface area (Å²) in [6.45, 7) is 1.85. The molecule has 0 aromatic heterocycles. The van der Waals surface area contributed by atoms with E-state index in [0.29, 0.717) is 17.7 Å². The van der Waals surface area contributed by atoms with Crippen LogP contribution in [0.4, 0.5) is 32.0 Å². The van der Waals surface area contributed by atoms with Crippen molar-refractivity contribution in [2.75, 3.05) is 18.4 Å². The van der Waals surface area contributed by atoms with Crippen molar-refractivity contribution >= 4 is 17.5 Å². The minimum atomic E-state index is -5.02. The van der Waals surface area contributed by atoms with E-state index in [0.717, 1.165) is 0 Å². The zero-order chi connectivity index (χ0) is 23.7. The fourth-order valence-corrected chi connectivity index (χ4v) is 3.89. The van der Waals surface area contributed by atoms with Crippen LogP contribution in [0.3, 0.4) is 0 Å². The van der Waals surface area contributed by atoms with Gasteiger partial charge < -0.3 is 10.2 Å². The molecular weight excluding hydrogens is 438 g/mol. The number of carbonyl (C=O) groups is 2. The van der Waals surface area contributed by atoms with E-state index >= 15 is 0 Å². The monoisotopic (exact) mass is 458 g/mol. The number of piperidine rings is 1. The van der Waals surface area contributed by atoms with Crippen LogP contribution < -0.4 is 5.32 Å². The lowest BCUT2D eigenvalue weighted by atomic mass is 9.72. The second kappa shape index (κ2) is 8.48. The molecule has 2 aromatic rings. The number of carbonyl (C=O) groups excluding carboxylic acids is 2. The zero-order valence-electron chi connectivity index (χ0n) is 17.0. The Hall–Kier alpha value is -3.04. The first-order valence-corrected chi connectivity index (χ1v) is 9.75. The molecule has 1 N–H and O–H groups in total. The predicted molar refractivity (Wildman–Crippen MR) is 105 cm³/mol. The van der Waals surface area contributed by atoms with Crippen LogP contribution in [0.5, 0.6) is 0 Å². The van der Waals surface area contributed by atoms with Crippen molar-refractivity contribution in [3.8, 4) is 0 Å². The molecule has 1 aliphatic rings. The number of halogens is 6. The second-order valence-electron chi connectivity index (χ2n) is 7.70. The molecule has 2 amide bonds. The number of benzene rings is 2. The summed E-state index contributed by atoms with van der Waals surface area (Å²) in [7, 11) is 0. The third kappa shape index (κ3) is 4.89. The van der Waals surface area contributed by atoms with E-state index in [4.69, 9.17) is 0 Å². The summed E-state index contributed by atoms with van der Waals surface area (Å²) in [5.41, 5.74) is -4.25. The molecule has 1 saturated heterocycles. The van der Waals surface area contributed by atoms with Gasteiger partial charge in [-0.15, -0.1) is 0 Å². The quantitative estimate of drug-likeness (QED) is 0.640.